The van der Waals surface area contributed by atoms with E-state index in [1.165, 1.54) is 17.3 Å². The number of ether oxygens (including phenoxy) is 1. The molecule has 0 radical (unpaired) electrons. The highest BCUT2D eigenvalue weighted by Crippen LogP contribution is 2.37. The first kappa shape index (κ1) is 24.1. The van der Waals surface area contributed by atoms with Gasteiger partial charge in [-0.05, 0) is 35.6 Å². The van der Waals surface area contributed by atoms with Gasteiger partial charge in [-0.1, -0.05) is 92.3 Å². The number of fused-ring (bicyclic) bond motifs is 1. The molecule has 1 atom stereocenters. The minimum absolute atomic E-state index is 0.137. The van der Waals surface area contributed by atoms with E-state index in [0.717, 1.165) is 11.1 Å². The molecular formula is C26H27ClN4O2S. The van der Waals surface area contributed by atoms with E-state index in [4.69, 9.17) is 21.4 Å². The minimum Gasteiger partial charge on any atom is -0.458 e. The van der Waals surface area contributed by atoms with Crippen molar-refractivity contribution in [3.05, 3.63) is 94.2 Å². The normalized spacial score (nSPS) is 15.1. The Kier molecular flexibility index (Phi) is 7.44. The fourth-order valence-corrected chi connectivity index (χ4v) is 4.91. The molecule has 1 aliphatic heterocycles. The van der Waals surface area contributed by atoms with Gasteiger partial charge in [0.25, 0.3) is 0 Å². The van der Waals surface area contributed by atoms with Crippen LogP contribution < -0.4 is 5.32 Å². The van der Waals surface area contributed by atoms with E-state index in [9.17, 15) is 4.79 Å². The maximum Gasteiger partial charge on any atom is 0.338 e. The van der Waals surface area contributed by atoms with E-state index >= 15 is 0 Å². The third-order valence-corrected chi connectivity index (χ3v) is 6.87. The lowest BCUT2D eigenvalue weighted by Crippen LogP contribution is -2.29. The summed E-state index contributed by atoms with van der Waals surface area (Å²) in [6.07, 6.45) is 1.56. The Morgan fingerprint density at radius 2 is 2.00 bits per heavy atom. The predicted molar refractivity (Wildman–Crippen MR) is 137 cm³/mol. The summed E-state index contributed by atoms with van der Waals surface area (Å²) in [6.45, 7) is 9.94. The number of allylic oxidation sites excluding steroid dienone is 1. The molecule has 0 spiro atoms. The molecule has 0 fully saturated rings. The monoisotopic (exact) mass is 494 g/mol. The fraction of sp³-hybridized carbons (Fsp3) is 0.269. The van der Waals surface area contributed by atoms with Crippen LogP contribution in [0.2, 0.25) is 5.02 Å². The van der Waals surface area contributed by atoms with Crippen molar-refractivity contribution >= 4 is 35.3 Å². The second kappa shape index (κ2) is 10.5. The Morgan fingerprint density at radius 3 is 2.68 bits per heavy atom. The molecule has 1 N–H and O–H groups in total. The third-order valence-electron chi connectivity index (χ3n) is 5.62. The van der Waals surface area contributed by atoms with Crippen LogP contribution in [0.15, 0.2) is 77.6 Å². The van der Waals surface area contributed by atoms with Gasteiger partial charge in [-0.3, -0.25) is 0 Å². The number of benzene rings is 2. The Morgan fingerprint density at radius 1 is 1.26 bits per heavy atom. The summed E-state index contributed by atoms with van der Waals surface area (Å²) < 4.78 is 7.18. The van der Waals surface area contributed by atoms with Crippen molar-refractivity contribution in [3.8, 4) is 0 Å². The van der Waals surface area contributed by atoms with Crippen LogP contribution in [0.1, 0.15) is 49.4 Å². The van der Waals surface area contributed by atoms with E-state index < -0.39 is 12.0 Å². The van der Waals surface area contributed by atoms with Gasteiger partial charge >= 0.3 is 5.97 Å². The van der Waals surface area contributed by atoms with Gasteiger partial charge in [-0.25, -0.2) is 9.48 Å². The summed E-state index contributed by atoms with van der Waals surface area (Å²) in [4.78, 5) is 17.7. The molecule has 0 amide bonds. The Bertz CT molecular complexity index is 1230. The Labute approximate surface area is 209 Å². The molecule has 0 aliphatic carbocycles. The quantitative estimate of drug-likeness (QED) is 0.223. The van der Waals surface area contributed by atoms with E-state index in [-0.39, 0.29) is 6.61 Å². The first-order valence-corrected chi connectivity index (χ1v) is 12.4. The Balaban J connectivity index is 1.70. The lowest BCUT2D eigenvalue weighted by atomic mass is 9.93. The van der Waals surface area contributed by atoms with Gasteiger partial charge in [0.05, 0.1) is 5.57 Å². The van der Waals surface area contributed by atoms with Gasteiger partial charge in [0.1, 0.15) is 12.6 Å². The number of carbonyl (C=O) groups excluding carboxylic acids is 1. The number of nitrogens with zero attached hydrogens (tertiary/aromatic N) is 3. The molecule has 3 aromatic rings. The van der Waals surface area contributed by atoms with Crippen molar-refractivity contribution in [3.63, 3.8) is 0 Å². The molecule has 1 aromatic heterocycles. The first-order chi connectivity index (χ1) is 16.4. The van der Waals surface area contributed by atoms with Crippen molar-refractivity contribution in [2.45, 2.75) is 43.6 Å². The lowest BCUT2D eigenvalue weighted by molar-refractivity contribution is -0.138. The molecule has 6 nitrogen and oxygen atoms in total. The smallest absolute Gasteiger partial charge is 0.338 e. The molecule has 4 rings (SSSR count). The SMILES string of the molecule is C=CCOC(=O)C1=C(C)Nc2nc(SCc3ccccc3Cl)nn2C1c1ccc(C(C)C)cc1. The number of aromatic nitrogens is 3. The molecule has 1 unspecified atom stereocenters. The van der Waals surface area contributed by atoms with Crippen molar-refractivity contribution in [1.82, 2.24) is 14.8 Å². The van der Waals surface area contributed by atoms with Gasteiger partial charge in [-0.15, -0.1) is 5.10 Å². The van der Waals surface area contributed by atoms with Crippen molar-refractivity contribution < 1.29 is 9.53 Å². The van der Waals surface area contributed by atoms with Gasteiger partial charge in [0.15, 0.2) is 0 Å². The predicted octanol–water partition coefficient (Wildman–Crippen LogP) is 6.37. The van der Waals surface area contributed by atoms with Crippen LogP contribution >= 0.6 is 23.4 Å². The highest BCUT2D eigenvalue weighted by Gasteiger charge is 2.35. The standard InChI is InChI=1S/C26H27ClN4O2S/c1-5-14-33-24(32)22-17(4)28-25-29-26(34-15-20-8-6-7-9-21(20)27)30-31(25)23(22)19-12-10-18(11-13-19)16(2)3/h5-13,16,23H,1,14-15H2,2-4H3,(H,28,29,30). The first-order valence-electron chi connectivity index (χ1n) is 11.1. The van der Waals surface area contributed by atoms with E-state index in [2.05, 4.69) is 42.9 Å². The maximum atomic E-state index is 13.0. The zero-order valence-electron chi connectivity index (χ0n) is 19.4. The van der Waals surface area contributed by atoms with Crippen LogP contribution in [0.5, 0.6) is 0 Å². The van der Waals surface area contributed by atoms with Crippen molar-refractivity contribution in [2.24, 2.45) is 0 Å². The van der Waals surface area contributed by atoms with Crippen LogP contribution in [0.3, 0.4) is 0 Å². The highest BCUT2D eigenvalue weighted by atomic mass is 35.5. The zero-order chi connectivity index (χ0) is 24.2. The summed E-state index contributed by atoms with van der Waals surface area (Å²) in [5, 5.41) is 9.30. The summed E-state index contributed by atoms with van der Waals surface area (Å²) in [5.74, 6) is 1.22. The maximum absolute atomic E-state index is 13.0. The van der Waals surface area contributed by atoms with E-state index in [0.29, 0.717) is 39.1 Å². The molecule has 0 saturated carbocycles. The van der Waals surface area contributed by atoms with Gasteiger partial charge in [0, 0.05) is 16.5 Å². The number of hydrogen-bond acceptors (Lipinski definition) is 6. The largest absolute Gasteiger partial charge is 0.458 e. The molecule has 8 heteroatoms. The van der Waals surface area contributed by atoms with Crippen LogP contribution in [0, 0.1) is 0 Å². The topological polar surface area (TPSA) is 69.0 Å². The molecule has 2 aromatic carbocycles. The van der Waals surface area contributed by atoms with Crippen LogP contribution in [0.25, 0.3) is 0 Å². The molecule has 0 saturated heterocycles. The molecule has 0 bridgehead atoms. The molecule has 1 aliphatic rings. The summed E-state index contributed by atoms with van der Waals surface area (Å²) in [7, 11) is 0. The molecule has 2 heterocycles. The molecule has 34 heavy (non-hydrogen) atoms. The average molecular weight is 495 g/mol. The number of anilines is 1. The summed E-state index contributed by atoms with van der Waals surface area (Å²) in [6, 6.07) is 15.5. The number of hydrogen-bond donors (Lipinski definition) is 1. The Hall–Kier alpha value is -3.03. The molecular weight excluding hydrogens is 468 g/mol. The number of rotatable bonds is 8. The van der Waals surface area contributed by atoms with Gasteiger partial charge in [0.2, 0.25) is 11.1 Å². The summed E-state index contributed by atoms with van der Waals surface area (Å²) >= 11 is 7.80. The van der Waals surface area contributed by atoms with Gasteiger partial charge < -0.3 is 10.1 Å². The molecule has 176 valence electrons. The average Bonchev–Trinajstić information content (AvgIpc) is 3.23. The van der Waals surface area contributed by atoms with Crippen LogP contribution in [-0.2, 0) is 15.3 Å². The lowest BCUT2D eigenvalue weighted by Gasteiger charge is -2.28. The van der Waals surface area contributed by atoms with Gasteiger partial charge in [-0.2, -0.15) is 4.98 Å². The number of nitrogens with one attached hydrogen (secondary N) is 1. The fourth-order valence-electron chi connectivity index (χ4n) is 3.80. The second-order valence-electron chi connectivity index (χ2n) is 8.32. The number of halogens is 1. The van der Waals surface area contributed by atoms with E-state index in [1.807, 2.05) is 43.3 Å². The number of carbonyl (C=O) groups is 1. The highest BCUT2D eigenvalue weighted by molar-refractivity contribution is 7.98. The summed E-state index contributed by atoms with van der Waals surface area (Å²) in [5.41, 5.74) is 4.36. The third kappa shape index (κ3) is 5.05. The second-order valence-corrected chi connectivity index (χ2v) is 9.67. The van der Waals surface area contributed by atoms with Crippen LogP contribution in [0.4, 0.5) is 5.95 Å². The minimum atomic E-state index is -0.461. The van der Waals surface area contributed by atoms with Crippen molar-refractivity contribution in [2.75, 3.05) is 11.9 Å². The number of esters is 1. The van der Waals surface area contributed by atoms with Crippen molar-refractivity contribution in [1.29, 1.82) is 0 Å². The van der Waals surface area contributed by atoms with Crippen LogP contribution in [-0.4, -0.2) is 27.3 Å². The van der Waals surface area contributed by atoms with E-state index in [1.54, 1.807) is 10.8 Å². The zero-order valence-corrected chi connectivity index (χ0v) is 21.0. The number of thioether (sulfide) groups is 1.